The van der Waals surface area contributed by atoms with Crippen LogP contribution in [0, 0.1) is 0 Å². The summed E-state index contributed by atoms with van der Waals surface area (Å²) in [5.41, 5.74) is 13.8. The molecule has 0 amide bonds. The van der Waals surface area contributed by atoms with Crippen LogP contribution in [0.15, 0.2) is 146 Å². The van der Waals surface area contributed by atoms with Gasteiger partial charge >= 0.3 is 0 Å². The Kier molecular flexibility index (Phi) is 5.70. The summed E-state index contributed by atoms with van der Waals surface area (Å²) < 4.78 is 2.18. The second-order valence-electron chi connectivity index (χ2n) is 12.5. The molecule has 0 radical (unpaired) electrons. The number of fused-ring (bicyclic) bond motifs is 8. The quantitative estimate of drug-likeness (QED) is 0.202. The van der Waals surface area contributed by atoms with Crippen molar-refractivity contribution < 1.29 is 0 Å². The highest BCUT2D eigenvalue weighted by Gasteiger charge is 2.23. The second kappa shape index (κ2) is 10.2. The molecule has 3 aromatic heterocycles. The van der Waals surface area contributed by atoms with Crippen molar-refractivity contribution >= 4 is 55.2 Å². The lowest BCUT2D eigenvalue weighted by molar-refractivity contribution is 0.991. The van der Waals surface area contributed by atoms with Gasteiger partial charge in [0.15, 0.2) is 0 Å². The smallest absolute Gasteiger partial charge is 0.137 e. The number of pyridine rings is 2. The standard InChI is InChI=1S/C44H29N3/c1-2-13-29(14-3-1)42-44-43(46-39-20-10-11-25-47(39)44)37-27-32(23-24-38(37)45-42)41-35-18-8-6-16-33(35)40(34-17-7-9-19-36(34)41)31-22-21-28-12-4-5-15-30(28)26-31/h1-8,10-18,20-27H,9,19H2. The van der Waals surface area contributed by atoms with Crippen LogP contribution in [0.1, 0.15) is 17.5 Å². The molecule has 47 heavy (non-hydrogen) atoms. The molecule has 1 aliphatic rings. The first-order chi connectivity index (χ1) is 23.3. The average molecular weight is 600 g/mol. The first kappa shape index (κ1) is 26.2. The molecule has 3 heteroatoms. The normalized spacial score (nSPS) is 12.9. The molecule has 10 rings (SSSR count). The maximum absolute atomic E-state index is 5.29. The van der Waals surface area contributed by atoms with E-state index >= 15 is 0 Å². The highest BCUT2D eigenvalue weighted by molar-refractivity contribution is 6.14. The molecular formula is C44H29N3. The molecule has 0 unspecified atom stereocenters. The number of nitrogens with zero attached hydrogens (tertiary/aromatic N) is 3. The van der Waals surface area contributed by atoms with Gasteiger partial charge in [0, 0.05) is 17.1 Å². The van der Waals surface area contributed by atoms with E-state index in [1.54, 1.807) is 0 Å². The molecule has 3 heterocycles. The Morgan fingerprint density at radius 1 is 0.553 bits per heavy atom. The lowest BCUT2D eigenvalue weighted by Crippen LogP contribution is -2.02. The minimum atomic E-state index is 0.923. The van der Waals surface area contributed by atoms with Crippen molar-refractivity contribution in [2.24, 2.45) is 0 Å². The first-order valence-corrected chi connectivity index (χ1v) is 16.3. The van der Waals surface area contributed by atoms with Crippen LogP contribution in [0.2, 0.25) is 0 Å². The highest BCUT2D eigenvalue weighted by atomic mass is 15.0. The van der Waals surface area contributed by atoms with Crippen LogP contribution in [-0.4, -0.2) is 14.4 Å². The number of allylic oxidation sites excluding steroid dienone is 1. The minimum absolute atomic E-state index is 0.923. The molecule has 1 aliphatic carbocycles. The van der Waals surface area contributed by atoms with E-state index in [2.05, 4.69) is 144 Å². The molecule has 0 aliphatic heterocycles. The summed E-state index contributed by atoms with van der Waals surface area (Å²) in [7, 11) is 0. The van der Waals surface area contributed by atoms with Crippen LogP contribution >= 0.6 is 0 Å². The van der Waals surface area contributed by atoms with E-state index < -0.39 is 0 Å². The lowest BCUT2D eigenvalue weighted by Gasteiger charge is -2.24. The van der Waals surface area contributed by atoms with E-state index in [1.165, 1.54) is 54.9 Å². The third-order valence-corrected chi connectivity index (χ3v) is 9.82. The van der Waals surface area contributed by atoms with E-state index in [-0.39, 0.29) is 0 Å². The maximum Gasteiger partial charge on any atom is 0.137 e. The van der Waals surface area contributed by atoms with Crippen LogP contribution in [0.3, 0.4) is 0 Å². The Morgan fingerprint density at radius 2 is 1.30 bits per heavy atom. The van der Waals surface area contributed by atoms with Gasteiger partial charge in [0.25, 0.3) is 0 Å². The van der Waals surface area contributed by atoms with Gasteiger partial charge in [-0.25, -0.2) is 9.97 Å². The van der Waals surface area contributed by atoms with Gasteiger partial charge in [-0.15, -0.1) is 0 Å². The third-order valence-electron chi connectivity index (χ3n) is 9.82. The molecule has 0 saturated heterocycles. The fourth-order valence-corrected chi connectivity index (χ4v) is 7.73. The molecular weight excluding hydrogens is 571 g/mol. The molecule has 6 aromatic carbocycles. The summed E-state index contributed by atoms with van der Waals surface area (Å²) in [6.07, 6.45) is 8.81. The summed E-state index contributed by atoms with van der Waals surface area (Å²) >= 11 is 0. The summed E-state index contributed by atoms with van der Waals surface area (Å²) in [5.74, 6) is 0. The van der Waals surface area contributed by atoms with Crippen LogP contribution in [-0.2, 0) is 6.42 Å². The molecule has 9 aromatic rings. The number of imidazole rings is 1. The van der Waals surface area contributed by atoms with Gasteiger partial charge in [-0.05, 0) is 98.1 Å². The molecule has 0 N–H and O–H groups in total. The minimum Gasteiger partial charge on any atom is -0.298 e. The fourth-order valence-electron chi connectivity index (χ4n) is 7.73. The van der Waals surface area contributed by atoms with E-state index in [0.29, 0.717) is 0 Å². The molecule has 220 valence electrons. The van der Waals surface area contributed by atoms with Crippen LogP contribution in [0.4, 0.5) is 0 Å². The topological polar surface area (TPSA) is 30.2 Å². The predicted molar refractivity (Wildman–Crippen MR) is 197 cm³/mol. The maximum atomic E-state index is 5.29. The monoisotopic (exact) mass is 599 g/mol. The van der Waals surface area contributed by atoms with E-state index in [0.717, 1.165) is 51.7 Å². The predicted octanol–water partition coefficient (Wildman–Crippen LogP) is 11.3. The van der Waals surface area contributed by atoms with E-state index in [4.69, 9.17) is 9.97 Å². The van der Waals surface area contributed by atoms with Gasteiger partial charge in [-0.2, -0.15) is 0 Å². The number of benzene rings is 6. The Hall–Kier alpha value is -6.06. The second-order valence-corrected chi connectivity index (χ2v) is 12.5. The summed E-state index contributed by atoms with van der Waals surface area (Å²) in [6, 6.07) is 47.9. The zero-order valence-corrected chi connectivity index (χ0v) is 25.7. The highest BCUT2D eigenvalue weighted by Crippen LogP contribution is 2.46. The zero-order valence-electron chi connectivity index (χ0n) is 25.7. The van der Waals surface area contributed by atoms with Crippen molar-refractivity contribution in [2.45, 2.75) is 12.8 Å². The SMILES string of the molecule is C1=Cc2c(c(-c3ccc4nc(-c5ccccc5)c5c(nc6ccccn65)c4c3)c3ccccc3c2-c2ccc3ccccc3c2)CC1. The van der Waals surface area contributed by atoms with Crippen molar-refractivity contribution in [1.82, 2.24) is 14.4 Å². The molecule has 3 nitrogen and oxygen atoms in total. The Labute approximate surface area is 272 Å². The number of aromatic nitrogens is 3. The van der Waals surface area contributed by atoms with Crippen molar-refractivity contribution in [3.8, 4) is 33.5 Å². The lowest BCUT2D eigenvalue weighted by atomic mass is 9.80. The third kappa shape index (κ3) is 4.00. The van der Waals surface area contributed by atoms with Crippen molar-refractivity contribution in [3.05, 3.63) is 157 Å². The summed E-state index contributed by atoms with van der Waals surface area (Å²) in [6.45, 7) is 0. The average Bonchev–Trinajstić information content (AvgIpc) is 3.54. The Bertz CT molecular complexity index is 2730. The van der Waals surface area contributed by atoms with Gasteiger partial charge < -0.3 is 0 Å². The van der Waals surface area contributed by atoms with Crippen LogP contribution in [0.5, 0.6) is 0 Å². The van der Waals surface area contributed by atoms with Crippen molar-refractivity contribution in [2.75, 3.05) is 0 Å². The molecule has 0 saturated carbocycles. The van der Waals surface area contributed by atoms with Gasteiger partial charge in [0.2, 0.25) is 0 Å². The Morgan fingerprint density at radius 3 is 2.19 bits per heavy atom. The number of hydrogen-bond acceptors (Lipinski definition) is 2. The molecule has 0 fully saturated rings. The fraction of sp³-hybridized carbons (Fsp3) is 0.0455. The van der Waals surface area contributed by atoms with Crippen molar-refractivity contribution in [1.29, 1.82) is 0 Å². The van der Waals surface area contributed by atoms with Gasteiger partial charge in [-0.3, -0.25) is 4.40 Å². The van der Waals surface area contributed by atoms with E-state index in [1.807, 2.05) is 12.1 Å². The van der Waals surface area contributed by atoms with Crippen molar-refractivity contribution in [3.63, 3.8) is 0 Å². The largest absolute Gasteiger partial charge is 0.298 e. The Balaban J connectivity index is 1.27. The van der Waals surface area contributed by atoms with Crippen LogP contribution < -0.4 is 0 Å². The number of rotatable bonds is 3. The van der Waals surface area contributed by atoms with Gasteiger partial charge in [0.05, 0.1) is 16.7 Å². The molecule has 0 atom stereocenters. The molecule has 0 spiro atoms. The van der Waals surface area contributed by atoms with Gasteiger partial charge in [0.1, 0.15) is 11.2 Å². The summed E-state index contributed by atoms with van der Waals surface area (Å²) in [5, 5.41) is 6.16. The van der Waals surface area contributed by atoms with E-state index in [9.17, 15) is 0 Å². The summed E-state index contributed by atoms with van der Waals surface area (Å²) in [4.78, 5) is 10.5. The molecule has 0 bridgehead atoms. The number of hydrogen-bond donors (Lipinski definition) is 0. The van der Waals surface area contributed by atoms with Crippen LogP contribution in [0.25, 0.3) is 88.7 Å². The zero-order chi connectivity index (χ0) is 30.9. The first-order valence-electron chi connectivity index (χ1n) is 16.3. The van der Waals surface area contributed by atoms with Gasteiger partial charge in [-0.1, -0.05) is 115 Å².